The number of hydrogen-bond acceptors (Lipinski definition) is 6. The minimum Gasteiger partial charge on any atom is -0.390 e. The van der Waals surface area contributed by atoms with Gasteiger partial charge in [-0.3, -0.25) is 14.5 Å². The molecule has 10 heteroatoms. The van der Waals surface area contributed by atoms with Gasteiger partial charge in [0, 0.05) is 37.9 Å². The van der Waals surface area contributed by atoms with E-state index in [1.54, 1.807) is 24.3 Å². The number of benzene rings is 1. The Morgan fingerprint density at radius 2 is 1.76 bits per heavy atom. The molecule has 0 bridgehead atoms. The summed E-state index contributed by atoms with van der Waals surface area (Å²) in [4.78, 5) is 25.3. The predicted molar refractivity (Wildman–Crippen MR) is 110 cm³/mol. The van der Waals surface area contributed by atoms with Gasteiger partial charge in [-0.25, -0.2) is 8.42 Å². The van der Waals surface area contributed by atoms with Gasteiger partial charge in [0.1, 0.15) is 0 Å². The lowest BCUT2D eigenvalue weighted by Gasteiger charge is -2.47. The van der Waals surface area contributed by atoms with Crippen LogP contribution in [0.25, 0.3) is 0 Å². The molecule has 2 saturated heterocycles. The number of aliphatic hydroxyl groups excluding tert-OH is 1. The molecule has 3 N–H and O–H groups in total. The van der Waals surface area contributed by atoms with Crippen LogP contribution in [-0.4, -0.2) is 78.6 Å². The number of carbonyl (C=O) groups is 2. The molecule has 2 heterocycles. The first-order chi connectivity index (χ1) is 13.6. The van der Waals surface area contributed by atoms with E-state index in [9.17, 15) is 23.1 Å². The maximum absolute atomic E-state index is 12.4. The standard InChI is InChI=1S/C19H28N4O5S/c1-14(24)20-15-4-6-16(7-5-15)21-18(26)13-22-11-9-19(17(25)12-22)8-3-10-23(19)29(2,27)28/h4-7,17,25H,3,8-13H2,1-2H3,(H,20,24)(H,21,26)/t17-,19-/m0/s1. The fourth-order valence-corrected chi connectivity index (χ4v) is 5.79. The average molecular weight is 425 g/mol. The first-order valence-electron chi connectivity index (χ1n) is 9.66. The summed E-state index contributed by atoms with van der Waals surface area (Å²) < 4.78 is 25.7. The number of nitrogens with zero attached hydrogens (tertiary/aromatic N) is 2. The maximum Gasteiger partial charge on any atom is 0.238 e. The molecular formula is C19H28N4O5S. The zero-order chi connectivity index (χ0) is 21.2. The second-order valence-electron chi connectivity index (χ2n) is 7.85. The second-order valence-corrected chi connectivity index (χ2v) is 9.76. The Morgan fingerprint density at radius 3 is 2.31 bits per heavy atom. The Labute approximate surface area is 171 Å². The molecule has 1 aromatic carbocycles. The van der Waals surface area contributed by atoms with E-state index in [1.807, 2.05) is 4.90 Å². The van der Waals surface area contributed by atoms with Crippen molar-refractivity contribution in [2.45, 2.75) is 37.8 Å². The van der Waals surface area contributed by atoms with E-state index in [0.29, 0.717) is 37.3 Å². The number of amides is 2. The fraction of sp³-hybridized carbons (Fsp3) is 0.579. The van der Waals surface area contributed by atoms with Gasteiger partial charge in [-0.15, -0.1) is 0 Å². The van der Waals surface area contributed by atoms with Gasteiger partial charge in [-0.2, -0.15) is 4.31 Å². The van der Waals surface area contributed by atoms with Crippen molar-refractivity contribution in [1.29, 1.82) is 0 Å². The largest absolute Gasteiger partial charge is 0.390 e. The third kappa shape index (κ3) is 4.95. The maximum atomic E-state index is 12.4. The number of aliphatic hydroxyl groups is 1. The van der Waals surface area contributed by atoms with Crippen LogP contribution < -0.4 is 10.6 Å². The van der Waals surface area contributed by atoms with E-state index in [2.05, 4.69) is 10.6 Å². The molecule has 2 fully saturated rings. The minimum atomic E-state index is -3.39. The first kappa shape index (κ1) is 21.7. The smallest absolute Gasteiger partial charge is 0.238 e. The van der Waals surface area contributed by atoms with Gasteiger partial charge < -0.3 is 15.7 Å². The van der Waals surface area contributed by atoms with Gasteiger partial charge >= 0.3 is 0 Å². The molecule has 0 aliphatic carbocycles. The van der Waals surface area contributed by atoms with E-state index >= 15 is 0 Å². The lowest BCUT2D eigenvalue weighted by Crippen LogP contribution is -2.63. The number of rotatable bonds is 5. The van der Waals surface area contributed by atoms with Crippen molar-refractivity contribution in [2.75, 3.05) is 43.1 Å². The van der Waals surface area contributed by atoms with Crippen molar-refractivity contribution in [3.05, 3.63) is 24.3 Å². The van der Waals surface area contributed by atoms with Gasteiger partial charge in [0.2, 0.25) is 21.8 Å². The molecule has 0 aromatic heterocycles. The van der Waals surface area contributed by atoms with Crippen LogP contribution in [0.2, 0.25) is 0 Å². The Morgan fingerprint density at radius 1 is 1.14 bits per heavy atom. The lowest BCUT2D eigenvalue weighted by molar-refractivity contribution is -0.119. The highest BCUT2D eigenvalue weighted by atomic mass is 32.2. The quantitative estimate of drug-likeness (QED) is 0.631. The van der Waals surface area contributed by atoms with E-state index in [4.69, 9.17) is 0 Å². The van der Waals surface area contributed by atoms with Gasteiger partial charge in [0.25, 0.3) is 0 Å². The Bertz CT molecular complexity index is 873. The number of carbonyl (C=O) groups excluding carboxylic acids is 2. The van der Waals surface area contributed by atoms with Crippen LogP contribution in [0.3, 0.4) is 0 Å². The van der Waals surface area contributed by atoms with Crippen molar-refractivity contribution < 1.29 is 23.1 Å². The lowest BCUT2D eigenvalue weighted by atomic mass is 9.83. The average Bonchev–Trinajstić information content (AvgIpc) is 3.05. The summed E-state index contributed by atoms with van der Waals surface area (Å²) in [6.07, 6.45) is 2.23. The van der Waals surface area contributed by atoms with Crippen LogP contribution in [0.15, 0.2) is 24.3 Å². The molecule has 2 atom stereocenters. The SMILES string of the molecule is CC(=O)Nc1ccc(NC(=O)CN2CC[C@@]3(CCCN3S(C)(=O)=O)[C@@H](O)C2)cc1. The number of hydrogen-bond donors (Lipinski definition) is 3. The molecule has 0 saturated carbocycles. The summed E-state index contributed by atoms with van der Waals surface area (Å²) in [7, 11) is -3.39. The Balaban J connectivity index is 1.56. The monoisotopic (exact) mass is 424 g/mol. The summed E-state index contributed by atoms with van der Waals surface area (Å²) in [5.74, 6) is -0.383. The molecule has 29 heavy (non-hydrogen) atoms. The molecule has 9 nitrogen and oxygen atoms in total. The third-order valence-electron chi connectivity index (χ3n) is 5.64. The molecule has 2 amide bonds. The van der Waals surface area contributed by atoms with E-state index in [0.717, 1.165) is 6.42 Å². The molecule has 1 aromatic rings. The third-order valence-corrected chi connectivity index (χ3v) is 6.98. The molecule has 0 radical (unpaired) electrons. The molecule has 3 rings (SSSR count). The van der Waals surface area contributed by atoms with E-state index in [1.165, 1.54) is 17.5 Å². The topological polar surface area (TPSA) is 119 Å². The number of β-amino-alcohol motifs (C(OH)–C–C–N with tert-alkyl or cyclic N) is 1. The summed E-state index contributed by atoms with van der Waals surface area (Å²) in [6.45, 7) is 2.76. The number of likely N-dealkylation sites (tertiary alicyclic amines) is 1. The Hall–Kier alpha value is -2.01. The predicted octanol–water partition coefficient (Wildman–Crippen LogP) is 0.444. The van der Waals surface area contributed by atoms with Crippen molar-refractivity contribution in [3.63, 3.8) is 0 Å². The van der Waals surface area contributed by atoms with E-state index in [-0.39, 0.29) is 24.9 Å². The van der Waals surface area contributed by atoms with Gasteiger partial charge in [0.05, 0.1) is 24.4 Å². The molecule has 2 aliphatic rings. The van der Waals surface area contributed by atoms with Crippen molar-refractivity contribution in [1.82, 2.24) is 9.21 Å². The van der Waals surface area contributed by atoms with E-state index < -0.39 is 21.7 Å². The molecule has 0 unspecified atom stereocenters. The van der Waals surface area contributed by atoms with Crippen LogP contribution in [0, 0.1) is 0 Å². The normalized spacial score (nSPS) is 25.8. The molecular weight excluding hydrogens is 396 g/mol. The number of piperidine rings is 1. The number of sulfonamides is 1. The van der Waals surface area contributed by atoms with Crippen LogP contribution >= 0.6 is 0 Å². The van der Waals surface area contributed by atoms with Crippen molar-refractivity contribution >= 4 is 33.2 Å². The van der Waals surface area contributed by atoms with Crippen LogP contribution in [0.5, 0.6) is 0 Å². The molecule has 2 aliphatic heterocycles. The Kier molecular flexibility index (Phi) is 6.27. The second kappa shape index (κ2) is 8.39. The van der Waals surface area contributed by atoms with Gasteiger partial charge in [-0.1, -0.05) is 0 Å². The summed E-state index contributed by atoms with van der Waals surface area (Å²) in [5.41, 5.74) is 0.504. The summed E-state index contributed by atoms with van der Waals surface area (Å²) in [5, 5.41) is 16.2. The minimum absolute atomic E-state index is 0.111. The molecule has 160 valence electrons. The highest BCUT2D eigenvalue weighted by Gasteiger charge is 2.52. The zero-order valence-electron chi connectivity index (χ0n) is 16.7. The van der Waals surface area contributed by atoms with Gasteiger partial charge in [0.15, 0.2) is 0 Å². The summed E-state index contributed by atoms with van der Waals surface area (Å²) >= 11 is 0. The van der Waals surface area contributed by atoms with Crippen LogP contribution in [0.4, 0.5) is 11.4 Å². The first-order valence-corrected chi connectivity index (χ1v) is 11.5. The summed E-state index contributed by atoms with van der Waals surface area (Å²) in [6, 6.07) is 6.80. The van der Waals surface area contributed by atoms with Gasteiger partial charge in [-0.05, 0) is 43.5 Å². The highest BCUT2D eigenvalue weighted by molar-refractivity contribution is 7.88. The van der Waals surface area contributed by atoms with Crippen molar-refractivity contribution in [3.8, 4) is 0 Å². The van der Waals surface area contributed by atoms with Crippen LogP contribution in [-0.2, 0) is 19.6 Å². The van der Waals surface area contributed by atoms with Crippen LogP contribution in [0.1, 0.15) is 26.2 Å². The fourth-order valence-electron chi connectivity index (χ4n) is 4.37. The molecule has 1 spiro atoms. The van der Waals surface area contributed by atoms with Crippen molar-refractivity contribution in [2.24, 2.45) is 0 Å². The number of anilines is 2. The number of nitrogens with one attached hydrogen (secondary N) is 2. The zero-order valence-corrected chi connectivity index (χ0v) is 17.5. The highest BCUT2D eigenvalue weighted by Crippen LogP contribution is 2.40.